The normalized spacial score (nSPS) is 19.6. The van der Waals surface area contributed by atoms with E-state index >= 15 is 0 Å². The van der Waals surface area contributed by atoms with E-state index in [1.54, 1.807) is 6.92 Å². The molecule has 1 aliphatic heterocycles. The Balaban J connectivity index is 2.40. The van der Waals surface area contributed by atoms with Crippen molar-refractivity contribution >= 4 is 17.3 Å². The topological polar surface area (TPSA) is 67.6 Å². The summed E-state index contributed by atoms with van der Waals surface area (Å²) in [6, 6.07) is 2.41. The van der Waals surface area contributed by atoms with E-state index in [0.717, 1.165) is 0 Å². The van der Waals surface area contributed by atoms with Gasteiger partial charge in [0.15, 0.2) is 11.6 Å². The van der Waals surface area contributed by atoms with Crippen LogP contribution in [0.5, 0.6) is 5.75 Å². The van der Waals surface area contributed by atoms with Crippen molar-refractivity contribution in [2.75, 3.05) is 30.8 Å². The number of carbonyl (C=O) groups is 1. The molecule has 1 atom stereocenters. The van der Waals surface area contributed by atoms with E-state index in [4.69, 9.17) is 10.5 Å². The molecule has 1 aromatic carbocycles. The van der Waals surface area contributed by atoms with Gasteiger partial charge in [-0.05, 0) is 6.92 Å². The van der Waals surface area contributed by atoms with E-state index in [9.17, 15) is 9.18 Å². The highest BCUT2D eigenvalue weighted by atomic mass is 19.1. The largest absolute Gasteiger partial charge is 0.494 e. The molecule has 3 N–H and O–H groups in total. The predicted molar refractivity (Wildman–Crippen MR) is 67.2 cm³/mol. The highest BCUT2D eigenvalue weighted by Gasteiger charge is 2.27. The Bertz CT molecular complexity index is 479. The van der Waals surface area contributed by atoms with Gasteiger partial charge in [0.25, 0.3) is 0 Å². The Morgan fingerprint density at radius 3 is 2.94 bits per heavy atom. The minimum absolute atomic E-state index is 0.0658. The lowest BCUT2D eigenvalue weighted by Gasteiger charge is -2.35. The maximum absolute atomic E-state index is 13.5. The highest BCUT2D eigenvalue weighted by Crippen LogP contribution is 2.32. The predicted octanol–water partition coefficient (Wildman–Crippen LogP) is 0.741. The minimum Gasteiger partial charge on any atom is -0.494 e. The average molecular weight is 253 g/mol. The van der Waals surface area contributed by atoms with E-state index in [0.29, 0.717) is 24.5 Å². The molecule has 1 aromatic rings. The first-order chi connectivity index (χ1) is 8.54. The zero-order valence-electron chi connectivity index (χ0n) is 10.4. The third-order valence-corrected chi connectivity index (χ3v) is 3.11. The Labute approximate surface area is 105 Å². The van der Waals surface area contributed by atoms with Crippen LogP contribution in [0.25, 0.3) is 0 Å². The summed E-state index contributed by atoms with van der Waals surface area (Å²) in [5.74, 6) is -0.450. The van der Waals surface area contributed by atoms with Crippen molar-refractivity contribution in [2.45, 2.75) is 13.0 Å². The molecule has 0 saturated carbocycles. The molecule has 6 heteroatoms. The smallest absolute Gasteiger partial charge is 0.242 e. The lowest BCUT2D eigenvalue weighted by Crippen LogP contribution is -2.54. The SMILES string of the molecule is COc1cc(N2CCNC(=O)C2C)c(N)cc1F. The number of nitrogen functional groups attached to an aromatic ring is 1. The molecule has 0 spiro atoms. The number of rotatable bonds is 2. The summed E-state index contributed by atoms with van der Waals surface area (Å²) in [6.07, 6.45) is 0. The van der Waals surface area contributed by atoms with Crippen LogP contribution in [-0.2, 0) is 4.79 Å². The van der Waals surface area contributed by atoms with Crippen LogP contribution >= 0.6 is 0 Å². The van der Waals surface area contributed by atoms with Crippen LogP contribution in [0.15, 0.2) is 12.1 Å². The molecule has 0 aromatic heterocycles. The second-order valence-electron chi connectivity index (χ2n) is 4.21. The van der Waals surface area contributed by atoms with Crippen LogP contribution in [0.1, 0.15) is 6.92 Å². The summed E-state index contributed by atoms with van der Waals surface area (Å²) in [5.41, 5.74) is 6.74. The molecule has 0 radical (unpaired) electrons. The van der Waals surface area contributed by atoms with Crippen LogP contribution in [0.3, 0.4) is 0 Å². The first-order valence-electron chi connectivity index (χ1n) is 5.72. The van der Waals surface area contributed by atoms with E-state index in [1.165, 1.54) is 19.2 Å². The molecule has 0 aliphatic carbocycles. The number of nitrogens with one attached hydrogen (secondary N) is 1. The summed E-state index contributed by atoms with van der Waals surface area (Å²) >= 11 is 0. The molecule has 18 heavy (non-hydrogen) atoms. The third-order valence-electron chi connectivity index (χ3n) is 3.11. The van der Waals surface area contributed by atoms with Gasteiger partial charge in [0, 0.05) is 25.2 Å². The fraction of sp³-hybridized carbons (Fsp3) is 0.417. The van der Waals surface area contributed by atoms with Gasteiger partial charge in [0.05, 0.1) is 18.5 Å². The van der Waals surface area contributed by atoms with Gasteiger partial charge in [-0.3, -0.25) is 4.79 Å². The number of ether oxygens (including phenoxy) is 1. The number of benzene rings is 1. The average Bonchev–Trinajstić information content (AvgIpc) is 2.34. The van der Waals surface area contributed by atoms with Crippen LogP contribution in [-0.4, -0.2) is 32.1 Å². The lowest BCUT2D eigenvalue weighted by molar-refractivity contribution is -0.122. The van der Waals surface area contributed by atoms with Crippen molar-refractivity contribution in [3.8, 4) is 5.75 Å². The molecule has 1 saturated heterocycles. The quantitative estimate of drug-likeness (QED) is 0.763. The second-order valence-corrected chi connectivity index (χ2v) is 4.21. The third kappa shape index (κ3) is 2.05. The molecule has 1 fully saturated rings. The Morgan fingerprint density at radius 2 is 2.28 bits per heavy atom. The van der Waals surface area contributed by atoms with Gasteiger partial charge in [-0.2, -0.15) is 0 Å². The van der Waals surface area contributed by atoms with Gasteiger partial charge < -0.3 is 20.7 Å². The van der Waals surface area contributed by atoms with Crippen LogP contribution in [0.4, 0.5) is 15.8 Å². The zero-order valence-corrected chi connectivity index (χ0v) is 10.4. The summed E-state index contributed by atoms with van der Waals surface area (Å²) < 4.78 is 18.4. The molecule has 1 aliphatic rings. The van der Waals surface area contributed by atoms with Crippen molar-refractivity contribution in [2.24, 2.45) is 0 Å². The molecule has 2 rings (SSSR count). The molecule has 1 unspecified atom stereocenters. The molecule has 5 nitrogen and oxygen atoms in total. The van der Waals surface area contributed by atoms with Crippen molar-refractivity contribution in [3.05, 3.63) is 17.9 Å². The molecule has 98 valence electrons. The number of hydrogen-bond acceptors (Lipinski definition) is 4. The van der Waals surface area contributed by atoms with Gasteiger partial charge in [-0.25, -0.2) is 4.39 Å². The number of piperazine rings is 1. The van der Waals surface area contributed by atoms with E-state index in [-0.39, 0.29) is 17.7 Å². The number of methoxy groups -OCH3 is 1. The van der Waals surface area contributed by atoms with E-state index in [1.807, 2.05) is 4.90 Å². The highest BCUT2D eigenvalue weighted by molar-refractivity contribution is 5.87. The van der Waals surface area contributed by atoms with Gasteiger partial charge >= 0.3 is 0 Å². The number of anilines is 2. The van der Waals surface area contributed by atoms with E-state index in [2.05, 4.69) is 5.32 Å². The Morgan fingerprint density at radius 1 is 1.56 bits per heavy atom. The molecule has 1 heterocycles. The fourth-order valence-electron chi connectivity index (χ4n) is 2.07. The zero-order chi connectivity index (χ0) is 13.3. The maximum Gasteiger partial charge on any atom is 0.242 e. The maximum atomic E-state index is 13.5. The number of halogens is 1. The minimum atomic E-state index is -0.507. The van der Waals surface area contributed by atoms with Crippen LogP contribution < -0.4 is 20.7 Å². The number of hydrogen-bond donors (Lipinski definition) is 2. The van der Waals surface area contributed by atoms with Crippen LogP contribution in [0.2, 0.25) is 0 Å². The summed E-state index contributed by atoms with van der Waals surface area (Å²) in [7, 11) is 1.39. The number of carbonyl (C=O) groups excluding carboxylic acids is 1. The Kier molecular flexibility index (Phi) is 3.27. The molecular weight excluding hydrogens is 237 g/mol. The van der Waals surface area contributed by atoms with Gasteiger partial charge in [-0.15, -0.1) is 0 Å². The summed E-state index contributed by atoms with van der Waals surface area (Å²) in [6.45, 7) is 2.96. The van der Waals surface area contributed by atoms with Gasteiger partial charge in [0.2, 0.25) is 5.91 Å². The first-order valence-corrected chi connectivity index (χ1v) is 5.72. The van der Waals surface area contributed by atoms with E-state index < -0.39 is 5.82 Å². The van der Waals surface area contributed by atoms with Gasteiger partial charge in [-0.1, -0.05) is 0 Å². The number of amides is 1. The van der Waals surface area contributed by atoms with Crippen LogP contribution in [0, 0.1) is 5.82 Å². The monoisotopic (exact) mass is 253 g/mol. The first kappa shape index (κ1) is 12.5. The summed E-state index contributed by atoms with van der Waals surface area (Å²) in [5, 5.41) is 2.76. The molecular formula is C12H16FN3O2. The number of nitrogens with two attached hydrogens (primary N) is 1. The molecule has 1 amide bonds. The Hall–Kier alpha value is -1.98. The lowest BCUT2D eigenvalue weighted by atomic mass is 10.1. The standard InChI is InChI=1S/C12H16FN3O2/c1-7-12(17)15-3-4-16(7)10-6-11(18-2)8(13)5-9(10)14/h5-7H,3-4,14H2,1-2H3,(H,15,17). The second kappa shape index (κ2) is 4.72. The summed E-state index contributed by atoms with van der Waals surface area (Å²) in [4.78, 5) is 13.5. The number of nitrogens with zero attached hydrogens (tertiary/aromatic N) is 1. The van der Waals surface area contributed by atoms with Crippen molar-refractivity contribution in [1.29, 1.82) is 0 Å². The van der Waals surface area contributed by atoms with Crippen molar-refractivity contribution < 1.29 is 13.9 Å². The van der Waals surface area contributed by atoms with Gasteiger partial charge in [0.1, 0.15) is 6.04 Å². The fourth-order valence-corrected chi connectivity index (χ4v) is 2.07. The van der Waals surface area contributed by atoms with Crippen molar-refractivity contribution in [3.63, 3.8) is 0 Å². The molecule has 0 bridgehead atoms. The van der Waals surface area contributed by atoms with Crippen molar-refractivity contribution in [1.82, 2.24) is 5.32 Å².